The van der Waals surface area contributed by atoms with Crippen molar-refractivity contribution in [2.75, 3.05) is 13.1 Å². The molecule has 0 heterocycles. The third-order valence-electron chi connectivity index (χ3n) is 4.81. The first-order valence-corrected chi connectivity index (χ1v) is 11.9. The second kappa shape index (κ2) is 12.6. The maximum atomic E-state index is 13.4. The number of nitrogens with zero attached hydrogens (tertiary/aromatic N) is 1. The third-order valence-corrected chi connectivity index (χ3v) is 4.81. The average molecular weight is 462 g/mol. The zero-order valence-corrected chi connectivity index (χ0v) is 21.7. The van der Waals surface area contributed by atoms with Gasteiger partial charge in [-0.15, -0.1) is 0 Å². The van der Waals surface area contributed by atoms with Crippen molar-refractivity contribution in [3.8, 4) is 0 Å². The van der Waals surface area contributed by atoms with Gasteiger partial charge < -0.3 is 20.3 Å². The van der Waals surface area contributed by atoms with Crippen LogP contribution >= 0.6 is 0 Å². The van der Waals surface area contributed by atoms with E-state index in [9.17, 15) is 14.4 Å². The number of nitrogens with one attached hydrogen (secondary N) is 2. The Morgan fingerprint density at radius 3 is 2.09 bits per heavy atom. The Hall–Kier alpha value is -2.57. The van der Waals surface area contributed by atoms with Crippen LogP contribution in [0.5, 0.6) is 0 Å². The Morgan fingerprint density at radius 1 is 0.970 bits per heavy atom. The highest BCUT2D eigenvalue weighted by molar-refractivity contribution is 5.90. The molecule has 7 heteroatoms. The van der Waals surface area contributed by atoms with Crippen molar-refractivity contribution in [2.45, 2.75) is 98.3 Å². The minimum absolute atomic E-state index is 0.242. The van der Waals surface area contributed by atoms with E-state index in [1.54, 1.807) is 25.7 Å². The maximum Gasteiger partial charge on any atom is 0.408 e. The minimum atomic E-state index is -0.792. The van der Waals surface area contributed by atoms with E-state index in [1.807, 2.05) is 52.0 Å². The van der Waals surface area contributed by atoms with Gasteiger partial charge in [-0.25, -0.2) is 4.79 Å². The zero-order chi connectivity index (χ0) is 25.2. The second-order valence-corrected chi connectivity index (χ2v) is 10.6. The molecule has 0 saturated heterocycles. The molecule has 0 radical (unpaired) electrons. The third kappa shape index (κ3) is 11.2. The molecule has 0 aromatic heterocycles. The lowest BCUT2D eigenvalue weighted by molar-refractivity contribution is -0.141. The Labute approximate surface area is 199 Å². The molecule has 0 aliphatic rings. The fourth-order valence-electron chi connectivity index (χ4n) is 3.33. The molecule has 2 N–H and O–H groups in total. The summed E-state index contributed by atoms with van der Waals surface area (Å²) >= 11 is 0. The molecule has 0 saturated carbocycles. The summed E-state index contributed by atoms with van der Waals surface area (Å²) in [5.41, 5.74) is 0.694. The van der Waals surface area contributed by atoms with E-state index in [1.165, 1.54) is 0 Å². The van der Waals surface area contributed by atoms with Crippen molar-refractivity contribution in [3.63, 3.8) is 0 Å². The highest BCUT2D eigenvalue weighted by atomic mass is 16.6. The monoisotopic (exact) mass is 461 g/mol. The van der Waals surface area contributed by atoms with Crippen molar-refractivity contribution in [1.82, 2.24) is 15.5 Å². The number of aryl methyl sites for hydroxylation is 1. The van der Waals surface area contributed by atoms with Gasteiger partial charge in [0, 0.05) is 12.1 Å². The summed E-state index contributed by atoms with van der Waals surface area (Å²) in [5.74, 6) is -0.570. The van der Waals surface area contributed by atoms with Crippen molar-refractivity contribution < 1.29 is 19.1 Å². The summed E-state index contributed by atoms with van der Waals surface area (Å²) in [6.07, 6.45) is 3.20. The summed E-state index contributed by atoms with van der Waals surface area (Å²) in [6, 6.07) is 6.85. The van der Waals surface area contributed by atoms with Crippen LogP contribution < -0.4 is 10.6 Å². The number of carbonyl (C=O) groups excluding carboxylic acids is 3. The molecule has 0 aliphatic heterocycles. The first-order chi connectivity index (χ1) is 15.2. The van der Waals surface area contributed by atoms with Gasteiger partial charge in [0.1, 0.15) is 18.2 Å². The van der Waals surface area contributed by atoms with E-state index in [2.05, 4.69) is 17.6 Å². The van der Waals surface area contributed by atoms with Gasteiger partial charge in [-0.3, -0.25) is 9.59 Å². The van der Waals surface area contributed by atoms with Crippen molar-refractivity contribution in [2.24, 2.45) is 0 Å². The van der Waals surface area contributed by atoms with E-state index < -0.39 is 23.3 Å². The Morgan fingerprint density at radius 2 is 1.58 bits per heavy atom. The molecule has 1 aromatic rings. The van der Waals surface area contributed by atoms with E-state index in [0.29, 0.717) is 6.54 Å². The topological polar surface area (TPSA) is 87.7 Å². The number of unbranched alkanes of at least 4 members (excludes halogenated alkanes) is 3. The fraction of sp³-hybridized carbons (Fsp3) is 0.654. The number of benzene rings is 1. The molecule has 33 heavy (non-hydrogen) atoms. The molecule has 1 aromatic carbocycles. The number of amides is 3. The SMILES string of the molecule is CCCCCCN(C(=O)CNC(=O)OC(C)(C)C)C(C(=O)NC(C)(C)C)c1ccc(C)cc1. The average Bonchev–Trinajstić information content (AvgIpc) is 2.67. The zero-order valence-electron chi connectivity index (χ0n) is 21.7. The molecule has 7 nitrogen and oxygen atoms in total. The molecule has 1 rings (SSSR count). The standard InChI is InChI=1S/C26H43N3O4/c1-9-10-11-12-17-29(21(30)18-27-24(32)33-26(6,7)8)22(23(31)28-25(3,4)5)20-15-13-19(2)14-16-20/h13-16,22H,9-12,17-18H2,1-8H3,(H,27,32)(H,28,31). The second-order valence-electron chi connectivity index (χ2n) is 10.6. The summed E-state index contributed by atoms with van der Waals surface area (Å²) in [6.45, 7) is 15.3. The Kier molecular flexibility index (Phi) is 10.9. The number of alkyl carbamates (subject to hydrolysis) is 1. The van der Waals surface area contributed by atoms with Crippen LogP contribution in [0.1, 0.15) is 91.3 Å². The van der Waals surface area contributed by atoms with Gasteiger partial charge in [-0.1, -0.05) is 56.0 Å². The van der Waals surface area contributed by atoms with Gasteiger partial charge in [-0.2, -0.15) is 0 Å². The molecule has 186 valence electrons. The summed E-state index contributed by atoms with van der Waals surface area (Å²) in [4.78, 5) is 40.4. The number of hydrogen-bond donors (Lipinski definition) is 2. The quantitative estimate of drug-likeness (QED) is 0.486. The lowest BCUT2D eigenvalue weighted by Gasteiger charge is -2.34. The van der Waals surface area contributed by atoms with Crippen LogP contribution in [0.4, 0.5) is 4.79 Å². The van der Waals surface area contributed by atoms with Gasteiger partial charge in [0.05, 0.1) is 0 Å². The number of hydrogen-bond acceptors (Lipinski definition) is 4. The molecule has 3 amide bonds. The van der Waals surface area contributed by atoms with Gasteiger partial charge in [0.2, 0.25) is 11.8 Å². The Balaban J connectivity index is 3.19. The van der Waals surface area contributed by atoms with Gasteiger partial charge in [0.25, 0.3) is 0 Å². The van der Waals surface area contributed by atoms with E-state index >= 15 is 0 Å². The van der Waals surface area contributed by atoms with E-state index in [-0.39, 0.29) is 18.4 Å². The summed E-state index contributed by atoms with van der Waals surface area (Å²) in [7, 11) is 0. The molecule has 1 unspecified atom stereocenters. The predicted octanol–water partition coefficient (Wildman–Crippen LogP) is 4.88. The van der Waals surface area contributed by atoms with Crippen LogP contribution in [0.25, 0.3) is 0 Å². The molecule has 0 fully saturated rings. The predicted molar refractivity (Wildman–Crippen MR) is 132 cm³/mol. The lowest BCUT2D eigenvalue weighted by atomic mass is 10.00. The number of ether oxygens (including phenoxy) is 1. The normalized spacial score (nSPS) is 12.6. The van der Waals surface area contributed by atoms with Gasteiger partial charge in [0.15, 0.2) is 0 Å². The largest absolute Gasteiger partial charge is 0.444 e. The van der Waals surface area contributed by atoms with E-state index in [4.69, 9.17) is 4.74 Å². The van der Waals surface area contributed by atoms with Crippen LogP contribution in [0.15, 0.2) is 24.3 Å². The maximum absolute atomic E-state index is 13.4. The van der Waals surface area contributed by atoms with Crippen LogP contribution in [-0.2, 0) is 14.3 Å². The number of carbonyl (C=O) groups is 3. The summed E-state index contributed by atoms with van der Waals surface area (Å²) in [5, 5.41) is 5.56. The first-order valence-electron chi connectivity index (χ1n) is 11.9. The van der Waals surface area contributed by atoms with Crippen LogP contribution in [-0.4, -0.2) is 47.0 Å². The molecule has 0 aliphatic carbocycles. The van der Waals surface area contributed by atoms with E-state index in [0.717, 1.165) is 36.8 Å². The lowest BCUT2D eigenvalue weighted by Crippen LogP contribution is -2.51. The molecule has 1 atom stereocenters. The molecular formula is C26H43N3O4. The minimum Gasteiger partial charge on any atom is -0.444 e. The molecule has 0 bridgehead atoms. The Bertz CT molecular complexity index is 776. The van der Waals surface area contributed by atoms with Crippen LogP contribution in [0.2, 0.25) is 0 Å². The van der Waals surface area contributed by atoms with Crippen molar-refractivity contribution >= 4 is 17.9 Å². The van der Waals surface area contributed by atoms with Crippen molar-refractivity contribution in [3.05, 3.63) is 35.4 Å². The van der Waals surface area contributed by atoms with Crippen molar-refractivity contribution in [1.29, 1.82) is 0 Å². The molecule has 0 spiro atoms. The first kappa shape index (κ1) is 28.5. The van der Waals surface area contributed by atoms with Crippen LogP contribution in [0.3, 0.4) is 0 Å². The van der Waals surface area contributed by atoms with Gasteiger partial charge >= 0.3 is 6.09 Å². The highest BCUT2D eigenvalue weighted by Gasteiger charge is 2.33. The highest BCUT2D eigenvalue weighted by Crippen LogP contribution is 2.24. The van der Waals surface area contributed by atoms with Crippen LogP contribution in [0, 0.1) is 6.92 Å². The molecular weight excluding hydrogens is 418 g/mol. The fourth-order valence-corrected chi connectivity index (χ4v) is 3.33. The summed E-state index contributed by atoms with van der Waals surface area (Å²) < 4.78 is 5.25. The smallest absolute Gasteiger partial charge is 0.408 e. The number of rotatable bonds is 10. The van der Waals surface area contributed by atoms with Gasteiger partial charge in [-0.05, 0) is 60.5 Å².